The zero-order valence-electron chi connectivity index (χ0n) is 15.7. The van der Waals surface area contributed by atoms with Crippen LogP contribution < -0.4 is 5.32 Å². The molecule has 0 aliphatic heterocycles. The Labute approximate surface area is 163 Å². The Hall–Kier alpha value is -3.60. The molecule has 1 amide bonds. The van der Waals surface area contributed by atoms with Crippen molar-refractivity contribution in [1.29, 1.82) is 0 Å². The Balaban J connectivity index is 1.85. The molecule has 0 fully saturated rings. The minimum Gasteiger partial charge on any atom is -0.508 e. The maximum Gasteiger partial charge on any atom is 0.339 e. The van der Waals surface area contributed by atoms with Crippen LogP contribution in [0.2, 0.25) is 0 Å². The minimum atomic E-state index is -1.11. The summed E-state index contributed by atoms with van der Waals surface area (Å²) < 4.78 is 5.52. The number of aromatic hydroxyl groups is 1. The molecule has 142 valence electrons. The first-order chi connectivity index (χ1) is 13.4. The van der Waals surface area contributed by atoms with Gasteiger partial charge in [-0.1, -0.05) is 36.4 Å². The topological polar surface area (TPSA) is 75.6 Å². The summed E-state index contributed by atoms with van der Waals surface area (Å²) in [7, 11) is 0. The monoisotopic (exact) mass is 375 g/mol. The fraction of sp³-hybridized carbons (Fsp3) is 0.130. The van der Waals surface area contributed by atoms with Gasteiger partial charge < -0.3 is 15.2 Å². The Bertz CT molecular complexity index is 961. The van der Waals surface area contributed by atoms with E-state index in [-0.39, 0.29) is 11.3 Å². The number of benzene rings is 3. The van der Waals surface area contributed by atoms with Gasteiger partial charge in [-0.05, 0) is 61.4 Å². The van der Waals surface area contributed by atoms with Crippen LogP contribution in [-0.4, -0.2) is 17.0 Å². The van der Waals surface area contributed by atoms with E-state index in [0.717, 1.165) is 11.1 Å². The first-order valence-corrected chi connectivity index (χ1v) is 8.86. The van der Waals surface area contributed by atoms with Gasteiger partial charge in [0.2, 0.25) is 6.10 Å². The normalized spacial score (nSPS) is 11.5. The van der Waals surface area contributed by atoms with Crippen molar-refractivity contribution >= 4 is 17.6 Å². The Morgan fingerprint density at radius 1 is 0.893 bits per heavy atom. The summed E-state index contributed by atoms with van der Waals surface area (Å²) in [5.74, 6) is -1.04. The molecule has 0 heterocycles. The average Bonchev–Trinajstić information content (AvgIpc) is 2.66. The minimum absolute atomic E-state index is 0.0451. The average molecular weight is 375 g/mol. The molecule has 0 spiro atoms. The summed E-state index contributed by atoms with van der Waals surface area (Å²) in [6, 6.07) is 20.2. The number of aryl methyl sites for hydroxylation is 2. The van der Waals surface area contributed by atoms with Crippen molar-refractivity contribution in [3.63, 3.8) is 0 Å². The molecule has 3 aromatic carbocycles. The van der Waals surface area contributed by atoms with E-state index < -0.39 is 18.0 Å². The van der Waals surface area contributed by atoms with Crippen LogP contribution in [0.1, 0.15) is 33.2 Å². The first kappa shape index (κ1) is 19.2. The van der Waals surface area contributed by atoms with Crippen LogP contribution in [-0.2, 0) is 9.53 Å². The van der Waals surface area contributed by atoms with E-state index in [2.05, 4.69) is 5.32 Å². The number of carbonyl (C=O) groups excluding carboxylic acids is 2. The van der Waals surface area contributed by atoms with E-state index in [0.29, 0.717) is 11.3 Å². The molecule has 0 bridgehead atoms. The number of nitrogens with one attached hydrogen (secondary N) is 1. The first-order valence-electron chi connectivity index (χ1n) is 8.86. The molecule has 0 radical (unpaired) electrons. The van der Waals surface area contributed by atoms with E-state index in [9.17, 15) is 14.7 Å². The van der Waals surface area contributed by atoms with Crippen LogP contribution in [0.3, 0.4) is 0 Å². The predicted molar refractivity (Wildman–Crippen MR) is 107 cm³/mol. The molecule has 0 aliphatic carbocycles. The summed E-state index contributed by atoms with van der Waals surface area (Å²) >= 11 is 0. The quantitative estimate of drug-likeness (QED) is 0.642. The highest BCUT2D eigenvalue weighted by atomic mass is 16.5. The van der Waals surface area contributed by atoms with Crippen LogP contribution in [0.5, 0.6) is 5.75 Å². The number of phenols is 1. The van der Waals surface area contributed by atoms with E-state index in [4.69, 9.17) is 4.74 Å². The maximum atomic E-state index is 12.9. The molecule has 5 heteroatoms. The number of amides is 1. The number of rotatable bonds is 5. The summed E-state index contributed by atoms with van der Waals surface area (Å²) in [6.45, 7) is 3.89. The second kappa shape index (κ2) is 8.39. The second-order valence-corrected chi connectivity index (χ2v) is 6.61. The highest BCUT2D eigenvalue weighted by Crippen LogP contribution is 2.23. The molecule has 0 aliphatic rings. The van der Waals surface area contributed by atoms with Gasteiger partial charge in [-0.25, -0.2) is 4.79 Å². The molecule has 3 aromatic rings. The number of phenolic OH excluding ortho intramolecular Hbond substituents is 1. The fourth-order valence-electron chi connectivity index (χ4n) is 2.93. The number of anilines is 1. The van der Waals surface area contributed by atoms with Crippen molar-refractivity contribution in [2.24, 2.45) is 0 Å². The molecule has 0 aromatic heterocycles. The van der Waals surface area contributed by atoms with Crippen molar-refractivity contribution in [3.8, 4) is 5.75 Å². The van der Waals surface area contributed by atoms with Crippen LogP contribution >= 0.6 is 0 Å². The van der Waals surface area contributed by atoms with Gasteiger partial charge in [0, 0.05) is 11.3 Å². The molecular weight excluding hydrogens is 354 g/mol. The van der Waals surface area contributed by atoms with Gasteiger partial charge in [0.1, 0.15) is 5.75 Å². The van der Waals surface area contributed by atoms with E-state index in [1.54, 1.807) is 24.3 Å². The molecule has 3 rings (SSSR count). The van der Waals surface area contributed by atoms with Gasteiger partial charge in [0.25, 0.3) is 5.91 Å². The van der Waals surface area contributed by atoms with Crippen LogP contribution in [0, 0.1) is 13.8 Å². The van der Waals surface area contributed by atoms with Crippen LogP contribution in [0.4, 0.5) is 5.69 Å². The lowest BCUT2D eigenvalue weighted by Gasteiger charge is -2.18. The zero-order valence-corrected chi connectivity index (χ0v) is 15.7. The summed E-state index contributed by atoms with van der Waals surface area (Å²) in [6.07, 6.45) is -1.11. The van der Waals surface area contributed by atoms with Crippen molar-refractivity contribution in [2.75, 3.05) is 5.32 Å². The number of hydrogen-bond acceptors (Lipinski definition) is 4. The summed E-state index contributed by atoms with van der Waals surface area (Å²) in [4.78, 5) is 25.4. The van der Waals surface area contributed by atoms with Crippen molar-refractivity contribution < 1.29 is 19.4 Å². The van der Waals surface area contributed by atoms with Crippen molar-refractivity contribution in [3.05, 3.63) is 95.1 Å². The smallest absolute Gasteiger partial charge is 0.339 e. The summed E-state index contributed by atoms with van der Waals surface area (Å²) in [5, 5.41) is 12.2. The standard InChI is InChI=1S/C23H21NO4/c1-15-12-16(2)14-19(13-15)24-22(26)21(17-6-4-3-5-7-17)28-23(27)18-8-10-20(25)11-9-18/h3-14,21,25H,1-2H3,(H,24,26)/t21-/m1/s1. The van der Waals surface area contributed by atoms with Crippen molar-refractivity contribution in [2.45, 2.75) is 20.0 Å². The second-order valence-electron chi connectivity index (χ2n) is 6.61. The lowest BCUT2D eigenvalue weighted by atomic mass is 10.1. The lowest BCUT2D eigenvalue weighted by molar-refractivity contribution is -0.125. The van der Waals surface area contributed by atoms with Gasteiger partial charge in [-0.3, -0.25) is 4.79 Å². The Morgan fingerprint density at radius 3 is 2.11 bits per heavy atom. The summed E-state index contributed by atoms with van der Waals surface area (Å²) in [5.41, 5.74) is 3.50. The largest absolute Gasteiger partial charge is 0.508 e. The predicted octanol–water partition coefficient (Wildman–Crippen LogP) is 4.55. The number of ether oxygens (including phenoxy) is 1. The van der Waals surface area contributed by atoms with E-state index in [1.807, 2.05) is 38.1 Å². The van der Waals surface area contributed by atoms with Gasteiger partial charge in [0.15, 0.2) is 0 Å². The van der Waals surface area contributed by atoms with Gasteiger partial charge in [0.05, 0.1) is 5.56 Å². The van der Waals surface area contributed by atoms with Gasteiger partial charge in [-0.2, -0.15) is 0 Å². The Kier molecular flexibility index (Phi) is 5.75. The highest BCUT2D eigenvalue weighted by Gasteiger charge is 2.26. The van der Waals surface area contributed by atoms with Crippen LogP contribution in [0.15, 0.2) is 72.8 Å². The molecule has 0 unspecified atom stereocenters. The highest BCUT2D eigenvalue weighted by molar-refractivity contribution is 5.98. The van der Waals surface area contributed by atoms with E-state index in [1.165, 1.54) is 24.3 Å². The lowest BCUT2D eigenvalue weighted by Crippen LogP contribution is -2.26. The SMILES string of the molecule is Cc1cc(C)cc(NC(=O)[C@H](OC(=O)c2ccc(O)cc2)c2ccccc2)c1. The van der Waals surface area contributed by atoms with Gasteiger partial charge >= 0.3 is 5.97 Å². The van der Waals surface area contributed by atoms with E-state index >= 15 is 0 Å². The molecular formula is C23H21NO4. The third-order valence-electron chi connectivity index (χ3n) is 4.16. The molecule has 2 N–H and O–H groups in total. The van der Waals surface area contributed by atoms with Crippen LogP contribution in [0.25, 0.3) is 0 Å². The molecule has 5 nitrogen and oxygen atoms in total. The third kappa shape index (κ3) is 4.76. The zero-order chi connectivity index (χ0) is 20.1. The molecule has 28 heavy (non-hydrogen) atoms. The number of carbonyl (C=O) groups is 2. The fourth-order valence-corrected chi connectivity index (χ4v) is 2.93. The molecule has 0 saturated heterocycles. The van der Waals surface area contributed by atoms with Gasteiger partial charge in [-0.15, -0.1) is 0 Å². The third-order valence-corrected chi connectivity index (χ3v) is 4.16. The molecule has 0 saturated carbocycles. The Morgan fingerprint density at radius 2 is 1.50 bits per heavy atom. The van der Waals surface area contributed by atoms with Crippen molar-refractivity contribution in [1.82, 2.24) is 0 Å². The number of hydrogen-bond donors (Lipinski definition) is 2. The number of esters is 1. The maximum absolute atomic E-state index is 12.9. The molecule has 1 atom stereocenters.